The van der Waals surface area contributed by atoms with Crippen molar-refractivity contribution < 1.29 is 22.4 Å². The highest BCUT2D eigenvalue weighted by molar-refractivity contribution is 8.05. The number of anilines is 1. The fourth-order valence-corrected chi connectivity index (χ4v) is 2.96. The van der Waals surface area contributed by atoms with E-state index in [1.54, 1.807) is 18.2 Å². The van der Waals surface area contributed by atoms with Crippen molar-refractivity contribution in [1.29, 1.82) is 0 Å². The quantitative estimate of drug-likeness (QED) is 0.854. The van der Waals surface area contributed by atoms with Gasteiger partial charge in [-0.3, -0.25) is 9.59 Å². The lowest BCUT2D eigenvalue weighted by molar-refractivity contribution is -0.130. The minimum absolute atomic E-state index is 0.311. The predicted octanol–water partition coefficient (Wildman–Crippen LogP) is 0.619. The molecule has 1 heterocycles. The van der Waals surface area contributed by atoms with Gasteiger partial charge in [0.1, 0.15) is 5.82 Å². The van der Waals surface area contributed by atoms with Crippen molar-refractivity contribution in [3.63, 3.8) is 0 Å². The Bertz CT molecular complexity index is 715. The van der Waals surface area contributed by atoms with Gasteiger partial charge in [0.2, 0.25) is 15.7 Å². The Hall–Kier alpha value is -2.16. The summed E-state index contributed by atoms with van der Waals surface area (Å²) >= 11 is 0. The average Bonchev–Trinajstić information content (AvgIpc) is 2.60. The first-order valence-corrected chi connectivity index (χ1v) is 9.28. The third-order valence-corrected chi connectivity index (χ3v) is 5.34. The van der Waals surface area contributed by atoms with Crippen LogP contribution in [0.5, 0.6) is 0 Å². The van der Waals surface area contributed by atoms with E-state index >= 15 is 0 Å². The molecule has 0 radical (unpaired) electrons. The number of halogens is 1. The molecule has 7 nitrogen and oxygen atoms in total. The molecule has 0 saturated carbocycles. The topological polar surface area (TPSA) is 86.8 Å². The largest absolute Gasteiger partial charge is 0.366 e. The van der Waals surface area contributed by atoms with Gasteiger partial charge in [-0.1, -0.05) is 19.1 Å². The summed E-state index contributed by atoms with van der Waals surface area (Å²) in [6.45, 7) is 2.69. The Morgan fingerprint density at radius 2 is 1.79 bits per heavy atom. The van der Waals surface area contributed by atoms with Crippen molar-refractivity contribution in [3.8, 4) is 0 Å². The molecular formula is C15H20FN3O4S. The first-order valence-electron chi connectivity index (χ1n) is 7.63. The molecule has 1 fully saturated rings. The van der Waals surface area contributed by atoms with Crippen LogP contribution >= 0.6 is 0 Å². The number of rotatable bonds is 4. The number of sulfone groups is 1. The summed E-state index contributed by atoms with van der Waals surface area (Å²) in [6, 6.07) is 6.44. The lowest BCUT2D eigenvalue weighted by atomic mass is 10.2. The van der Waals surface area contributed by atoms with Gasteiger partial charge < -0.3 is 15.1 Å². The van der Waals surface area contributed by atoms with Crippen molar-refractivity contribution in [2.45, 2.75) is 6.92 Å². The summed E-state index contributed by atoms with van der Waals surface area (Å²) in [5, 5.41) is 0.995. The smallest absolute Gasteiger partial charge is 0.336 e. The van der Waals surface area contributed by atoms with Gasteiger partial charge in [0.15, 0.2) is 0 Å². The molecule has 132 valence electrons. The molecule has 1 saturated heterocycles. The lowest BCUT2D eigenvalue weighted by Crippen LogP contribution is -2.51. The van der Waals surface area contributed by atoms with Crippen LogP contribution in [0, 0.1) is 5.82 Å². The van der Waals surface area contributed by atoms with Crippen LogP contribution in [0.3, 0.4) is 0 Å². The molecule has 1 aromatic rings. The van der Waals surface area contributed by atoms with Crippen LogP contribution in [-0.4, -0.2) is 62.9 Å². The molecule has 0 aromatic heterocycles. The number of nitrogens with zero attached hydrogens (tertiary/aromatic N) is 2. The molecule has 9 heteroatoms. The molecule has 0 aliphatic carbocycles. The maximum Gasteiger partial charge on any atom is 0.336 e. The predicted molar refractivity (Wildman–Crippen MR) is 88.1 cm³/mol. The van der Waals surface area contributed by atoms with Gasteiger partial charge in [-0.15, -0.1) is 0 Å². The minimum atomic E-state index is -3.84. The van der Waals surface area contributed by atoms with E-state index in [4.69, 9.17) is 0 Å². The van der Waals surface area contributed by atoms with Crippen LogP contribution in [0.1, 0.15) is 6.92 Å². The van der Waals surface area contributed by atoms with Crippen LogP contribution in [0.25, 0.3) is 0 Å². The van der Waals surface area contributed by atoms with Gasteiger partial charge in [0, 0.05) is 26.2 Å². The molecule has 1 aliphatic heterocycles. The number of hydrogen-bond acceptors (Lipinski definition) is 5. The zero-order chi connectivity index (χ0) is 17.7. The minimum Gasteiger partial charge on any atom is -0.366 e. The second-order valence-corrected chi connectivity index (χ2v) is 7.54. The van der Waals surface area contributed by atoms with E-state index in [1.165, 1.54) is 17.9 Å². The van der Waals surface area contributed by atoms with Gasteiger partial charge in [-0.2, -0.15) is 0 Å². The maximum atomic E-state index is 13.8. The lowest BCUT2D eigenvalue weighted by Gasteiger charge is -2.36. The number of nitrogens with one attached hydrogen (secondary N) is 1. The normalized spacial score (nSPS) is 15.2. The van der Waals surface area contributed by atoms with Gasteiger partial charge in [0.05, 0.1) is 18.0 Å². The van der Waals surface area contributed by atoms with Crippen molar-refractivity contribution in [1.82, 2.24) is 10.2 Å². The summed E-state index contributed by atoms with van der Waals surface area (Å²) in [5.41, 5.74) is 0.493. The van der Waals surface area contributed by atoms with Crippen molar-refractivity contribution >= 4 is 26.7 Å². The number of benzene rings is 1. The first kappa shape index (κ1) is 18.2. The highest BCUT2D eigenvalue weighted by atomic mass is 32.2. The first-order chi connectivity index (χ1) is 11.3. The Labute approximate surface area is 140 Å². The SMILES string of the molecule is CCS(=O)(=O)C(=O)NCC(=O)N1CCN(c2ccccc2F)CC1. The Morgan fingerprint density at radius 1 is 1.17 bits per heavy atom. The maximum absolute atomic E-state index is 13.8. The van der Waals surface area contributed by atoms with Crippen LogP contribution in [0.2, 0.25) is 0 Å². The van der Waals surface area contributed by atoms with Crippen molar-refractivity contribution in [3.05, 3.63) is 30.1 Å². The van der Waals surface area contributed by atoms with Crippen LogP contribution < -0.4 is 10.2 Å². The molecule has 2 amide bonds. The number of piperazine rings is 1. The van der Waals surface area contributed by atoms with E-state index < -0.39 is 15.1 Å². The molecule has 1 N–H and O–H groups in total. The van der Waals surface area contributed by atoms with Gasteiger partial charge >= 0.3 is 5.24 Å². The summed E-state index contributed by atoms with van der Waals surface area (Å²) in [4.78, 5) is 26.9. The third kappa shape index (κ3) is 4.22. The Balaban J connectivity index is 1.85. The fraction of sp³-hybridized carbons (Fsp3) is 0.467. The van der Waals surface area contributed by atoms with Crippen LogP contribution in [0.15, 0.2) is 24.3 Å². The summed E-state index contributed by atoms with van der Waals surface area (Å²) in [6.07, 6.45) is 0. The van der Waals surface area contributed by atoms with Crippen molar-refractivity contribution in [2.75, 3.05) is 43.4 Å². The van der Waals surface area contributed by atoms with E-state index in [1.807, 2.05) is 4.90 Å². The van der Waals surface area contributed by atoms with E-state index in [-0.39, 0.29) is 24.0 Å². The number of carbonyl (C=O) groups is 2. The monoisotopic (exact) mass is 357 g/mol. The molecule has 1 aromatic carbocycles. The van der Waals surface area contributed by atoms with Gasteiger partial charge in [-0.05, 0) is 12.1 Å². The highest BCUT2D eigenvalue weighted by Crippen LogP contribution is 2.20. The molecule has 1 aliphatic rings. The molecule has 0 spiro atoms. The van der Waals surface area contributed by atoms with E-state index in [0.29, 0.717) is 31.9 Å². The molecule has 0 atom stereocenters. The van der Waals surface area contributed by atoms with Crippen molar-refractivity contribution in [2.24, 2.45) is 0 Å². The number of carbonyl (C=O) groups excluding carboxylic acids is 2. The van der Waals surface area contributed by atoms with Gasteiger partial charge in [-0.25, -0.2) is 12.8 Å². The molecule has 2 rings (SSSR count). The Kier molecular flexibility index (Phi) is 5.76. The molecule has 24 heavy (non-hydrogen) atoms. The average molecular weight is 357 g/mol. The molecular weight excluding hydrogens is 337 g/mol. The molecule has 0 bridgehead atoms. The van der Waals surface area contributed by atoms with E-state index in [9.17, 15) is 22.4 Å². The Morgan fingerprint density at radius 3 is 2.38 bits per heavy atom. The second-order valence-electron chi connectivity index (χ2n) is 5.36. The van der Waals surface area contributed by atoms with Crippen LogP contribution in [-0.2, 0) is 14.6 Å². The number of hydrogen-bond donors (Lipinski definition) is 1. The summed E-state index contributed by atoms with van der Waals surface area (Å²) in [5.74, 6) is -0.980. The standard InChI is InChI=1S/C15H20FN3O4S/c1-2-24(22,23)15(21)17-11-14(20)19-9-7-18(8-10-19)13-6-4-3-5-12(13)16/h3-6H,2,7-11H2,1H3,(H,17,21). The zero-order valence-electron chi connectivity index (χ0n) is 13.4. The number of amides is 2. The van der Waals surface area contributed by atoms with Gasteiger partial charge in [0.25, 0.3) is 0 Å². The van der Waals surface area contributed by atoms with E-state index in [2.05, 4.69) is 5.32 Å². The fourth-order valence-electron chi connectivity index (χ4n) is 2.41. The summed E-state index contributed by atoms with van der Waals surface area (Å²) in [7, 11) is -3.84. The summed E-state index contributed by atoms with van der Waals surface area (Å²) < 4.78 is 36.4. The zero-order valence-corrected chi connectivity index (χ0v) is 14.2. The highest BCUT2D eigenvalue weighted by Gasteiger charge is 2.25. The second kappa shape index (κ2) is 7.61. The van der Waals surface area contributed by atoms with Crippen LogP contribution in [0.4, 0.5) is 14.9 Å². The number of para-hydroxylation sites is 1. The van der Waals surface area contributed by atoms with E-state index in [0.717, 1.165) is 0 Å². The third-order valence-electron chi connectivity index (χ3n) is 3.87. The molecule has 0 unspecified atom stereocenters.